The number of methoxy groups -OCH3 is 1. The van der Waals surface area contributed by atoms with Crippen LogP contribution in [-0.4, -0.2) is 32.7 Å². The Hall–Kier alpha value is -2.19. The van der Waals surface area contributed by atoms with Gasteiger partial charge < -0.3 is 20.1 Å². The van der Waals surface area contributed by atoms with E-state index in [0.717, 1.165) is 17.9 Å². The summed E-state index contributed by atoms with van der Waals surface area (Å²) in [5.74, 6) is 3.50. The smallest absolute Gasteiger partial charge is 0.258 e. The zero-order valence-corrected chi connectivity index (χ0v) is 11.9. The maximum absolute atomic E-state index is 11.5. The Labute approximate surface area is 119 Å². The summed E-state index contributed by atoms with van der Waals surface area (Å²) in [5.41, 5.74) is 0.941. The number of hydrogen-bond donors (Lipinski definition) is 2. The van der Waals surface area contributed by atoms with Gasteiger partial charge in [0.2, 0.25) is 0 Å². The molecule has 0 aromatic heterocycles. The molecule has 0 unspecified atom stereocenters. The molecule has 2 N–H and O–H groups in total. The fourth-order valence-electron chi connectivity index (χ4n) is 1.57. The highest BCUT2D eigenvalue weighted by Crippen LogP contribution is 2.24. The fourth-order valence-corrected chi connectivity index (χ4v) is 1.57. The van der Waals surface area contributed by atoms with Crippen LogP contribution in [0.1, 0.15) is 12.5 Å². The summed E-state index contributed by atoms with van der Waals surface area (Å²) in [6.45, 7) is 3.66. The van der Waals surface area contributed by atoms with Gasteiger partial charge in [0.15, 0.2) is 6.61 Å². The van der Waals surface area contributed by atoms with E-state index in [-0.39, 0.29) is 19.1 Å². The third-order valence-electron chi connectivity index (χ3n) is 2.58. The van der Waals surface area contributed by atoms with E-state index in [9.17, 15) is 4.79 Å². The first-order valence-electron chi connectivity index (χ1n) is 6.41. The zero-order chi connectivity index (χ0) is 14.8. The molecule has 0 aliphatic heterocycles. The number of carbonyl (C=O) groups excluding carboxylic acids is 1. The first kappa shape index (κ1) is 15.9. The van der Waals surface area contributed by atoms with Crippen molar-refractivity contribution in [3.05, 3.63) is 23.8 Å². The molecule has 5 nitrogen and oxygen atoms in total. The lowest BCUT2D eigenvalue weighted by Gasteiger charge is -2.13. The third kappa shape index (κ3) is 5.21. The first-order chi connectivity index (χ1) is 9.71. The van der Waals surface area contributed by atoms with E-state index in [4.69, 9.17) is 15.9 Å². The Morgan fingerprint density at radius 3 is 2.90 bits per heavy atom. The van der Waals surface area contributed by atoms with Gasteiger partial charge >= 0.3 is 0 Å². The summed E-state index contributed by atoms with van der Waals surface area (Å²) >= 11 is 0. The van der Waals surface area contributed by atoms with Gasteiger partial charge in [0.05, 0.1) is 13.7 Å². The van der Waals surface area contributed by atoms with Crippen LogP contribution in [0.25, 0.3) is 0 Å². The van der Waals surface area contributed by atoms with Crippen LogP contribution in [0.5, 0.6) is 11.5 Å². The molecule has 0 bridgehead atoms. The first-order valence-corrected chi connectivity index (χ1v) is 6.41. The Morgan fingerprint density at radius 1 is 1.45 bits per heavy atom. The number of hydrogen-bond acceptors (Lipinski definition) is 4. The van der Waals surface area contributed by atoms with Gasteiger partial charge in [-0.1, -0.05) is 12.8 Å². The van der Waals surface area contributed by atoms with Crippen molar-refractivity contribution < 1.29 is 14.3 Å². The quantitative estimate of drug-likeness (QED) is 0.694. The molecule has 108 valence electrons. The van der Waals surface area contributed by atoms with Crippen molar-refractivity contribution in [1.29, 1.82) is 0 Å². The van der Waals surface area contributed by atoms with Crippen LogP contribution in [-0.2, 0) is 11.3 Å². The second kappa shape index (κ2) is 8.83. The average Bonchev–Trinajstić information content (AvgIpc) is 2.49. The molecule has 0 fully saturated rings. The minimum atomic E-state index is -0.242. The van der Waals surface area contributed by atoms with Gasteiger partial charge in [-0.15, -0.1) is 6.42 Å². The molecule has 1 rings (SSSR count). The molecular weight excluding hydrogens is 256 g/mol. The van der Waals surface area contributed by atoms with Crippen LogP contribution < -0.4 is 20.1 Å². The van der Waals surface area contributed by atoms with Crippen molar-refractivity contribution in [3.8, 4) is 23.8 Å². The highest BCUT2D eigenvalue weighted by Gasteiger charge is 2.08. The van der Waals surface area contributed by atoms with Gasteiger partial charge in [-0.2, -0.15) is 0 Å². The maximum Gasteiger partial charge on any atom is 0.258 e. The number of carbonyl (C=O) groups is 1. The summed E-state index contributed by atoms with van der Waals surface area (Å²) in [5, 5.41) is 5.76. The van der Waals surface area contributed by atoms with E-state index in [1.165, 1.54) is 0 Å². The molecular formula is C15H20N2O3. The highest BCUT2D eigenvalue weighted by molar-refractivity contribution is 5.77. The van der Waals surface area contributed by atoms with Crippen LogP contribution in [0.3, 0.4) is 0 Å². The van der Waals surface area contributed by atoms with Gasteiger partial charge in [0, 0.05) is 12.1 Å². The highest BCUT2D eigenvalue weighted by atomic mass is 16.5. The molecule has 1 aromatic carbocycles. The lowest BCUT2D eigenvalue weighted by Crippen LogP contribution is -2.29. The van der Waals surface area contributed by atoms with E-state index in [0.29, 0.717) is 12.3 Å². The summed E-state index contributed by atoms with van der Waals surface area (Å²) in [6, 6.07) is 5.47. The van der Waals surface area contributed by atoms with E-state index < -0.39 is 0 Å². The van der Waals surface area contributed by atoms with E-state index in [2.05, 4.69) is 16.6 Å². The average molecular weight is 276 g/mol. The molecule has 0 aliphatic carbocycles. The number of benzene rings is 1. The molecule has 0 saturated carbocycles. The van der Waals surface area contributed by atoms with Gasteiger partial charge in [0.25, 0.3) is 5.91 Å². The second-order valence-electron chi connectivity index (χ2n) is 4.02. The topological polar surface area (TPSA) is 59.6 Å². The van der Waals surface area contributed by atoms with Gasteiger partial charge in [-0.05, 0) is 24.7 Å². The van der Waals surface area contributed by atoms with Crippen molar-refractivity contribution in [2.45, 2.75) is 13.5 Å². The molecule has 0 heterocycles. The summed E-state index contributed by atoms with van der Waals surface area (Å²) in [4.78, 5) is 11.5. The molecule has 0 aliphatic rings. The Morgan fingerprint density at radius 2 is 2.25 bits per heavy atom. The normalized spacial score (nSPS) is 9.65. The lowest BCUT2D eigenvalue weighted by molar-refractivity contribution is -0.122. The number of ether oxygens (including phenoxy) is 2. The number of nitrogens with one attached hydrogen (secondary N) is 2. The number of terminal acetylenes is 1. The van der Waals surface area contributed by atoms with Gasteiger partial charge in [0.1, 0.15) is 11.5 Å². The molecule has 20 heavy (non-hydrogen) atoms. The molecule has 1 amide bonds. The number of amides is 1. The molecule has 0 saturated heterocycles. The predicted molar refractivity (Wildman–Crippen MR) is 77.7 cm³/mol. The van der Waals surface area contributed by atoms with Crippen LogP contribution >= 0.6 is 0 Å². The lowest BCUT2D eigenvalue weighted by atomic mass is 10.2. The SMILES string of the molecule is C#CCNC(=O)COc1ccc(OC)cc1CNCC. The number of rotatable bonds is 8. The largest absolute Gasteiger partial charge is 0.497 e. The molecule has 0 radical (unpaired) electrons. The van der Waals surface area contributed by atoms with Crippen LogP contribution in [0.15, 0.2) is 18.2 Å². The Balaban J connectivity index is 2.67. The monoisotopic (exact) mass is 276 g/mol. The van der Waals surface area contributed by atoms with Crippen molar-refractivity contribution in [3.63, 3.8) is 0 Å². The second-order valence-corrected chi connectivity index (χ2v) is 4.02. The van der Waals surface area contributed by atoms with Crippen molar-refractivity contribution in [2.75, 3.05) is 26.8 Å². The summed E-state index contributed by atoms with van der Waals surface area (Å²) < 4.78 is 10.7. The van der Waals surface area contributed by atoms with E-state index >= 15 is 0 Å². The minimum absolute atomic E-state index is 0.0624. The van der Waals surface area contributed by atoms with Crippen LogP contribution in [0.2, 0.25) is 0 Å². The molecule has 0 atom stereocenters. The zero-order valence-electron chi connectivity index (χ0n) is 11.9. The van der Waals surface area contributed by atoms with Crippen molar-refractivity contribution in [1.82, 2.24) is 10.6 Å². The Kier molecular flexibility index (Phi) is 7.01. The van der Waals surface area contributed by atoms with Crippen molar-refractivity contribution >= 4 is 5.91 Å². The van der Waals surface area contributed by atoms with Crippen molar-refractivity contribution in [2.24, 2.45) is 0 Å². The maximum atomic E-state index is 11.5. The van der Waals surface area contributed by atoms with Crippen LogP contribution in [0, 0.1) is 12.3 Å². The Bertz CT molecular complexity index is 480. The summed E-state index contributed by atoms with van der Waals surface area (Å²) in [7, 11) is 1.61. The standard InChI is InChI=1S/C15H20N2O3/c1-4-8-17-15(18)11-20-14-7-6-13(19-3)9-12(14)10-16-5-2/h1,6-7,9,16H,5,8,10-11H2,2-3H3,(H,17,18). The van der Waals surface area contributed by atoms with E-state index in [1.54, 1.807) is 19.2 Å². The van der Waals surface area contributed by atoms with Crippen LogP contribution in [0.4, 0.5) is 0 Å². The minimum Gasteiger partial charge on any atom is -0.497 e. The predicted octanol–water partition coefficient (Wildman–Crippen LogP) is 0.933. The van der Waals surface area contributed by atoms with Gasteiger partial charge in [-0.25, -0.2) is 0 Å². The fraction of sp³-hybridized carbons (Fsp3) is 0.400. The summed E-state index contributed by atoms with van der Waals surface area (Å²) in [6.07, 6.45) is 5.07. The molecule has 0 spiro atoms. The van der Waals surface area contributed by atoms with E-state index in [1.807, 2.05) is 13.0 Å². The van der Waals surface area contributed by atoms with Gasteiger partial charge in [-0.3, -0.25) is 4.79 Å². The molecule has 1 aromatic rings. The third-order valence-corrected chi connectivity index (χ3v) is 2.58. The molecule has 5 heteroatoms.